The van der Waals surface area contributed by atoms with E-state index in [1.807, 2.05) is 13.0 Å². The SMILES string of the molecule is Cc1cc(Nc2cc(S(=O)(=O)c3ccccc3)cc(CCCCO[Si](C)(C)C(C)(C)C)n2)n[nH]1. The van der Waals surface area contributed by atoms with Crippen molar-refractivity contribution in [2.45, 2.75) is 74.9 Å². The first-order valence-corrected chi connectivity index (χ1v) is 16.0. The third kappa shape index (κ3) is 6.55. The Morgan fingerprint density at radius 2 is 1.71 bits per heavy atom. The second-order valence-corrected chi connectivity index (χ2v) is 16.9. The predicted molar refractivity (Wildman–Crippen MR) is 139 cm³/mol. The number of aromatic amines is 1. The van der Waals surface area contributed by atoms with Crippen LogP contribution in [-0.2, 0) is 20.7 Å². The van der Waals surface area contributed by atoms with E-state index < -0.39 is 18.2 Å². The first kappa shape index (κ1) is 26.1. The highest BCUT2D eigenvalue weighted by atomic mass is 32.2. The van der Waals surface area contributed by atoms with Crippen LogP contribution < -0.4 is 5.32 Å². The smallest absolute Gasteiger partial charge is 0.206 e. The maximum atomic E-state index is 13.3. The predicted octanol–water partition coefficient (Wildman–Crippen LogP) is 6.03. The number of aryl methyl sites for hydroxylation is 2. The third-order valence-corrected chi connectivity index (χ3v) is 12.6. The summed E-state index contributed by atoms with van der Waals surface area (Å²) in [4.78, 5) is 5.15. The van der Waals surface area contributed by atoms with Crippen LogP contribution in [0.4, 0.5) is 11.6 Å². The fourth-order valence-corrected chi connectivity index (χ4v) is 5.64. The van der Waals surface area contributed by atoms with Crippen molar-refractivity contribution in [3.8, 4) is 0 Å². The number of sulfone groups is 1. The van der Waals surface area contributed by atoms with Crippen molar-refractivity contribution in [1.29, 1.82) is 0 Å². The Kier molecular flexibility index (Phi) is 8.00. The molecule has 0 aliphatic carbocycles. The number of rotatable bonds is 10. The lowest BCUT2D eigenvalue weighted by Crippen LogP contribution is -2.40. The summed E-state index contributed by atoms with van der Waals surface area (Å²) >= 11 is 0. The molecule has 0 radical (unpaired) electrons. The first-order valence-electron chi connectivity index (χ1n) is 11.6. The number of hydrogen-bond acceptors (Lipinski definition) is 6. The molecule has 2 N–H and O–H groups in total. The van der Waals surface area contributed by atoms with Gasteiger partial charge in [0, 0.05) is 24.1 Å². The lowest BCUT2D eigenvalue weighted by atomic mass is 10.2. The van der Waals surface area contributed by atoms with Gasteiger partial charge in [0.2, 0.25) is 9.84 Å². The minimum atomic E-state index is -3.67. The van der Waals surface area contributed by atoms with Gasteiger partial charge in [0.25, 0.3) is 0 Å². The zero-order valence-corrected chi connectivity index (χ0v) is 22.8. The molecule has 0 saturated carbocycles. The number of nitrogens with zero attached hydrogens (tertiary/aromatic N) is 2. The fourth-order valence-electron chi connectivity index (χ4n) is 3.21. The van der Waals surface area contributed by atoms with Gasteiger partial charge in [-0.15, -0.1) is 0 Å². The molecular formula is C25H36N4O3SSi. The molecule has 0 amide bonds. The summed E-state index contributed by atoms with van der Waals surface area (Å²) in [6.45, 7) is 13.8. The number of aromatic nitrogens is 3. The molecule has 0 unspecified atom stereocenters. The van der Waals surface area contributed by atoms with Gasteiger partial charge in [0.1, 0.15) is 5.82 Å². The highest BCUT2D eigenvalue weighted by Crippen LogP contribution is 2.36. The number of nitrogens with one attached hydrogen (secondary N) is 2. The first-order chi connectivity index (χ1) is 15.9. The summed E-state index contributed by atoms with van der Waals surface area (Å²) in [5.41, 5.74) is 1.62. The number of anilines is 2. The van der Waals surface area contributed by atoms with E-state index in [9.17, 15) is 8.42 Å². The quantitative estimate of drug-likeness (QED) is 0.260. The fraction of sp³-hybridized carbons (Fsp3) is 0.440. The molecule has 3 aromatic rings. The Morgan fingerprint density at radius 3 is 2.32 bits per heavy atom. The molecule has 34 heavy (non-hydrogen) atoms. The molecule has 184 valence electrons. The molecule has 0 fully saturated rings. The zero-order valence-electron chi connectivity index (χ0n) is 21.0. The summed E-state index contributed by atoms with van der Waals surface area (Å²) in [6.07, 6.45) is 2.41. The zero-order chi connectivity index (χ0) is 25.0. The molecule has 0 aliphatic rings. The van der Waals surface area contributed by atoms with E-state index in [0.29, 0.717) is 24.7 Å². The molecule has 2 heterocycles. The number of benzene rings is 1. The molecule has 2 aromatic heterocycles. The van der Waals surface area contributed by atoms with Crippen LogP contribution >= 0.6 is 0 Å². The van der Waals surface area contributed by atoms with Crippen molar-refractivity contribution in [2.75, 3.05) is 11.9 Å². The van der Waals surface area contributed by atoms with Crippen molar-refractivity contribution in [3.63, 3.8) is 0 Å². The number of hydrogen-bond donors (Lipinski definition) is 2. The molecule has 0 aliphatic heterocycles. The Hall–Kier alpha value is -2.49. The van der Waals surface area contributed by atoms with E-state index in [-0.39, 0.29) is 14.8 Å². The van der Waals surface area contributed by atoms with E-state index in [1.165, 1.54) is 0 Å². The summed E-state index contributed by atoms with van der Waals surface area (Å²) in [5, 5.41) is 10.4. The van der Waals surface area contributed by atoms with Gasteiger partial charge < -0.3 is 9.74 Å². The van der Waals surface area contributed by atoms with Gasteiger partial charge in [-0.2, -0.15) is 5.10 Å². The van der Waals surface area contributed by atoms with Gasteiger partial charge in [-0.05, 0) is 68.6 Å². The molecule has 9 heteroatoms. The van der Waals surface area contributed by atoms with Gasteiger partial charge in [-0.3, -0.25) is 5.10 Å². The summed E-state index contributed by atoms with van der Waals surface area (Å²) in [6, 6.07) is 13.6. The number of unbranched alkanes of at least 4 members (excludes halogenated alkanes) is 1. The molecule has 7 nitrogen and oxygen atoms in total. The lowest BCUT2D eigenvalue weighted by Gasteiger charge is -2.36. The van der Waals surface area contributed by atoms with E-state index in [1.54, 1.807) is 42.5 Å². The van der Waals surface area contributed by atoms with Crippen molar-refractivity contribution < 1.29 is 12.8 Å². The Balaban J connectivity index is 1.78. The lowest BCUT2D eigenvalue weighted by molar-refractivity contribution is 0.279. The second-order valence-electron chi connectivity index (χ2n) is 10.1. The molecule has 1 aromatic carbocycles. The van der Waals surface area contributed by atoms with Crippen LogP contribution in [0, 0.1) is 6.92 Å². The average Bonchev–Trinajstić information content (AvgIpc) is 3.17. The van der Waals surface area contributed by atoms with Crippen molar-refractivity contribution >= 4 is 29.8 Å². The molecule has 0 bridgehead atoms. The van der Waals surface area contributed by atoms with Crippen LogP contribution in [0.15, 0.2) is 58.3 Å². The minimum absolute atomic E-state index is 0.180. The van der Waals surface area contributed by atoms with E-state index in [4.69, 9.17) is 4.43 Å². The topological polar surface area (TPSA) is 97.0 Å². The molecular weight excluding hydrogens is 464 g/mol. The standard InChI is InChI=1S/C25H36N4O3SSi/c1-19-16-24(29-28-19)27-23-18-22(33(30,31)21-13-8-7-9-14-21)17-20(26-23)12-10-11-15-32-34(5,6)25(2,3)4/h7-9,13-14,16-18H,10-12,15H2,1-6H3,(H2,26,27,28,29). The van der Waals surface area contributed by atoms with E-state index in [0.717, 1.165) is 24.2 Å². The van der Waals surface area contributed by atoms with Crippen LogP contribution in [0.2, 0.25) is 18.1 Å². The highest BCUT2D eigenvalue weighted by molar-refractivity contribution is 7.91. The van der Waals surface area contributed by atoms with Crippen molar-refractivity contribution in [3.05, 3.63) is 59.9 Å². The Bertz CT molecular complexity index is 1200. The van der Waals surface area contributed by atoms with Gasteiger partial charge in [-0.25, -0.2) is 13.4 Å². The maximum absolute atomic E-state index is 13.3. The number of pyridine rings is 1. The number of H-pyrrole nitrogens is 1. The maximum Gasteiger partial charge on any atom is 0.206 e. The van der Waals surface area contributed by atoms with E-state index >= 15 is 0 Å². The van der Waals surface area contributed by atoms with Crippen LogP contribution in [0.5, 0.6) is 0 Å². The van der Waals surface area contributed by atoms with Crippen LogP contribution in [0.3, 0.4) is 0 Å². The molecule has 0 saturated heterocycles. The Labute approximate surface area is 204 Å². The van der Waals surface area contributed by atoms with Crippen LogP contribution in [-0.4, -0.2) is 38.5 Å². The summed E-state index contributed by atoms with van der Waals surface area (Å²) < 4.78 is 32.8. The third-order valence-electron chi connectivity index (χ3n) is 6.27. The van der Waals surface area contributed by atoms with E-state index in [2.05, 4.69) is 54.4 Å². The van der Waals surface area contributed by atoms with Gasteiger partial charge in [0.05, 0.1) is 9.79 Å². The summed E-state index contributed by atoms with van der Waals surface area (Å²) in [7, 11) is -5.44. The van der Waals surface area contributed by atoms with Crippen LogP contribution in [0.1, 0.15) is 45.0 Å². The van der Waals surface area contributed by atoms with Crippen molar-refractivity contribution in [2.24, 2.45) is 0 Å². The molecule has 0 spiro atoms. The van der Waals surface area contributed by atoms with Gasteiger partial charge in [-0.1, -0.05) is 39.0 Å². The minimum Gasteiger partial charge on any atom is -0.417 e. The average molecular weight is 501 g/mol. The normalized spacial score (nSPS) is 12.6. The highest BCUT2D eigenvalue weighted by Gasteiger charge is 2.36. The molecule has 3 rings (SSSR count). The van der Waals surface area contributed by atoms with Crippen LogP contribution in [0.25, 0.3) is 0 Å². The molecule has 0 atom stereocenters. The Morgan fingerprint density at radius 1 is 1.00 bits per heavy atom. The largest absolute Gasteiger partial charge is 0.417 e. The summed E-state index contributed by atoms with van der Waals surface area (Å²) in [5.74, 6) is 1.05. The van der Waals surface area contributed by atoms with Gasteiger partial charge in [0.15, 0.2) is 14.1 Å². The monoisotopic (exact) mass is 500 g/mol. The van der Waals surface area contributed by atoms with Gasteiger partial charge >= 0.3 is 0 Å². The second kappa shape index (κ2) is 10.4. The van der Waals surface area contributed by atoms with Crippen molar-refractivity contribution in [1.82, 2.24) is 15.2 Å².